The maximum absolute atomic E-state index is 6.03. The SMILES string of the molecule is CCO[SiH2]C(CCSSCCC([SiH2]OCC)([SiH2]OCC)[SiH2]OCC)([SiH2]OCC)[SiH2]OCC. The summed E-state index contributed by atoms with van der Waals surface area (Å²) in [6, 6.07) is 0. The number of hydrogen-bond donors (Lipinski definition) is 0. The predicted molar refractivity (Wildman–Crippen MR) is 161 cm³/mol. The van der Waals surface area contributed by atoms with E-state index in [4.69, 9.17) is 26.6 Å². The quantitative estimate of drug-likeness (QED) is 0.0833. The highest BCUT2D eigenvalue weighted by atomic mass is 33.1. The molecular weight excluding hydrogens is 545 g/mol. The van der Waals surface area contributed by atoms with E-state index in [2.05, 4.69) is 41.5 Å². The van der Waals surface area contributed by atoms with Crippen molar-refractivity contribution in [3.63, 3.8) is 0 Å². The summed E-state index contributed by atoms with van der Waals surface area (Å²) in [7, 11) is 0.495. The maximum atomic E-state index is 6.03. The molecule has 194 valence electrons. The van der Waals surface area contributed by atoms with Crippen molar-refractivity contribution in [3.05, 3.63) is 0 Å². The maximum Gasteiger partial charge on any atom is 0.165 e. The van der Waals surface area contributed by atoms with Gasteiger partial charge in [0.2, 0.25) is 0 Å². The third-order valence-corrected chi connectivity index (χ3v) is 24.4. The standard InChI is InChI=1S/C18H50O6S2Si6/c1-7-19-27-17(28-20-8-2,29-21-9-3)13-15-25-26-16-14-18(30-22-10-4,31-23-11-5)32-24-12-6/h7-16,27-32H2,1-6H3. The summed E-state index contributed by atoms with van der Waals surface area (Å²) < 4.78 is 36.9. The average Bonchev–Trinajstić information content (AvgIpc) is 2.82. The van der Waals surface area contributed by atoms with E-state index in [1.165, 1.54) is 24.3 Å². The van der Waals surface area contributed by atoms with Crippen molar-refractivity contribution in [2.45, 2.75) is 63.0 Å². The van der Waals surface area contributed by atoms with Crippen LogP contribution in [-0.2, 0) is 26.6 Å². The Kier molecular flexibility index (Phi) is 24.5. The summed E-state index contributed by atoms with van der Waals surface area (Å²) in [5, 5.41) is 0. The summed E-state index contributed by atoms with van der Waals surface area (Å²) in [5.41, 5.74) is 0. The zero-order chi connectivity index (χ0) is 24.0. The first kappa shape index (κ1) is 33.8. The summed E-state index contributed by atoms with van der Waals surface area (Å²) in [5.74, 6) is 2.35. The Morgan fingerprint density at radius 2 is 0.656 bits per heavy atom. The first-order chi connectivity index (χ1) is 15.6. The van der Waals surface area contributed by atoms with Gasteiger partial charge in [0.25, 0.3) is 0 Å². The topological polar surface area (TPSA) is 55.4 Å². The van der Waals surface area contributed by atoms with Crippen LogP contribution in [0.2, 0.25) is 8.57 Å². The van der Waals surface area contributed by atoms with Crippen LogP contribution in [-0.4, -0.2) is 110 Å². The smallest absolute Gasteiger partial charge is 0.165 e. The van der Waals surface area contributed by atoms with Crippen LogP contribution >= 0.6 is 21.6 Å². The molecule has 0 aliphatic rings. The van der Waals surface area contributed by atoms with Crippen molar-refractivity contribution in [2.75, 3.05) is 51.1 Å². The lowest BCUT2D eigenvalue weighted by atomic mass is 10.5. The van der Waals surface area contributed by atoms with Gasteiger partial charge in [0.15, 0.2) is 58.6 Å². The van der Waals surface area contributed by atoms with E-state index in [9.17, 15) is 0 Å². The van der Waals surface area contributed by atoms with Gasteiger partial charge in [0, 0.05) is 59.7 Å². The molecule has 0 aliphatic carbocycles. The molecule has 0 atom stereocenters. The van der Waals surface area contributed by atoms with E-state index in [-0.39, 0.29) is 0 Å². The molecule has 32 heavy (non-hydrogen) atoms. The molecule has 0 saturated carbocycles. The Morgan fingerprint density at radius 3 is 0.844 bits per heavy atom. The molecule has 0 aliphatic heterocycles. The van der Waals surface area contributed by atoms with Gasteiger partial charge in [-0.15, -0.1) is 0 Å². The Morgan fingerprint density at radius 1 is 0.438 bits per heavy atom. The lowest BCUT2D eigenvalue weighted by Gasteiger charge is -2.32. The van der Waals surface area contributed by atoms with Gasteiger partial charge in [-0.1, -0.05) is 21.6 Å². The highest BCUT2D eigenvalue weighted by Gasteiger charge is 2.35. The molecule has 14 heteroatoms. The molecule has 0 rings (SSSR count). The highest BCUT2D eigenvalue weighted by molar-refractivity contribution is 8.76. The second-order valence-electron chi connectivity index (χ2n) is 7.97. The Balaban J connectivity index is 4.72. The predicted octanol–water partition coefficient (Wildman–Crippen LogP) is 0.0172. The van der Waals surface area contributed by atoms with E-state index >= 15 is 0 Å². The van der Waals surface area contributed by atoms with Gasteiger partial charge >= 0.3 is 0 Å². The van der Waals surface area contributed by atoms with Crippen LogP contribution in [0, 0.1) is 0 Å². The minimum atomic E-state index is -0.595. The molecule has 0 unspecified atom stereocenters. The fraction of sp³-hybridized carbons (Fsp3) is 1.00. The van der Waals surface area contributed by atoms with Crippen molar-refractivity contribution >= 4 is 80.2 Å². The van der Waals surface area contributed by atoms with Crippen molar-refractivity contribution in [1.29, 1.82) is 0 Å². The lowest BCUT2D eigenvalue weighted by molar-refractivity contribution is 0.316. The van der Waals surface area contributed by atoms with Crippen LogP contribution in [0.15, 0.2) is 0 Å². The summed E-state index contributed by atoms with van der Waals surface area (Å²) in [6.45, 7) is 17.7. The lowest BCUT2D eigenvalue weighted by Crippen LogP contribution is -2.39. The van der Waals surface area contributed by atoms with Gasteiger partial charge in [-0.3, -0.25) is 0 Å². The number of hydrogen-bond acceptors (Lipinski definition) is 8. The van der Waals surface area contributed by atoms with Crippen LogP contribution in [0.5, 0.6) is 0 Å². The minimum absolute atomic E-state index is 0.352. The Bertz CT molecular complexity index is 341. The normalized spacial score (nSPS) is 17.8. The second-order valence-corrected chi connectivity index (χ2v) is 29.9. The van der Waals surface area contributed by atoms with Gasteiger partial charge < -0.3 is 26.6 Å². The van der Waals surface area contributed by atoms with Crippen LogP contribution in [0.3, 0.4) is 0 Å². The van der Waals surface area contributed by atoms with E-state index in [0.29, 0.717) is 8.57 Å². The minimum Gasteiger partial charge on any atom is -0.424 e. The largest absolute Gasteiger partial charge is 0.424 e. The van der Waals surface area contributed by atoms with Gasteiger partial charge in [0.1, 0.15) is 0 Å². The molecule has 0 heterocycles. The van der Waals surface area contributed by atoms with Crippen molar-refractivity contribution < 1.29 is 26.6 Å². The summed E-state index contributed by atoms with van der Waals surface area (Å²) >= 11 is 0. The first-order valence-electron chi connectivity index (χ1n) is 12.3. The zero-order valence-electron chi connectivity index (χ0n) is 21.6. The first-order valence-corrected chi connectivity index (χ1v) is 22.5. The van der Waals surface area contributed by atoms with Crippen LogP contribution in [0.1, 0.15) is 54.4 Å². The molecule has 0 aromatic heterocycles. The molecule has 6 nitrogen and oxygen atoms in total. The molecule has 0 aromatic rings. The molecule has 0 amide bonds. The fourth-order valence-corrected chi connectivity index (χ4v) is 20.2. The third kappa shape index (κ3) is 16.4. The van der Waals surface area contributed by atoms with E-state index in [1.54, 1.807) is 0 Å². The van der Waals surface area contributed by atoms with Crippen LogP contribution in [0.4, 0.5) is 0 Å². The molecule has 0 bridgehead atoms. The van der Waals surface area contributed by atoms with Crippen LogP contribution < -0.4 is 0 Å². The Hall–Kier alpha value is 1.76. The highest BCUT2D eigenvalue weighted by Crippen LogP contribution is 2.36. The van der Waals surface area contributed by atoms with Gasteiger partial charge in [0.05, 0.1) is 0 Å². The van der Waals surface area contributed by atoms with E-state index in [0.717, 1.165) is 39.6 Å². The monoisotopic (exact) mass is 594 g/mol. The molecule has 0 aromatic carbocycles. The molecule has 0 spiro atoms. The molecule has 0 saturated heterocycles. The number of rotatable bonds is 25. The van der Waals surface area contributed by atoms with Gasteiger partial charge in [-0.2, -0.15) is 0 Å². The van der Waals surface area contributed by atoms with Crippen molar-refractivity contribution in [1.82, 2.24) is 0 Å². The van der Waals surface area contributed by atoms with Crippen molar-refractivity contribution in [2.24, 2.45) is 0 Å². The van der Waals surface area contributed by atoms with Gasteiger partial charge in [-0.05, 0) is 54.4 Å². The van der Waals surface area contributed by atoms with Gasteiger partial charge in [-0.25, -0.2) is 0 Å². The third-order valence-electron chi connectivity index (χ3n) is 5.19. The molecule has 0 fully saturated rings. The Labute approximate surface area is 219 Å². The van der Waals surface area contributed by atoms with Crippen molar-refractivity contribution in [3.8, 4) is 0 Å². The average molecular weight is 595 g/mol. The summed E-state index contributed by atoms with van der Waals surface area (Å²) in [6.07, 6.45) is 2.44. The molecular formula is C18H50O6S2Si6. The zero-order valence-corrected chi connectivity index (χ0v) is 31.7. The van der Waals surface area contributed by atoms with E-state index < -0.39 is 58.6 Å². The van der Waals surface area contributed by atoms with Crippen LogP contribution in [0.25, 0.3) is 0 Å². The fourth-order valence-electron chi connectivity index (χ4n) is 3.23. The van der Waals surface area contributed by atoms with E-state index in [1.807, 2.05) is 21.6 Å². The second kappa shape index (κ2) is 23.2. The molecule has 0 radical (unpaired) electrons. The summed E-state index contributed by atoms with van der Waals surface area (Å²) in [4.78, 5) is 0. The molecule has 0 N–H and O–H groups in total.